The number of aryl methyl sites for hydroxylation is 2. The highest BCUT2D eigenvalue weighted by Gasteiger charge is 2.40. The number of aromatic nitrogens is 3. The Kier molecular flexibility index (Phi) is 3.99. The minimum atomic E-state index is -4.93. The number of phenolic OH excluding ortho intramolecular Hbond substituents is 1. The van der Waals surface area contributed by atoms with Gasteiger partial charge in [-0.25, -0.2) is 4.98 Å². The number of amides is 1. The second kappa shape index (κ2) is 6.12. The summed E-state index contributed by atoms with van der Waals surface area (Å²) in [4.78, 5) is 19.7. The van der Waals surface area contributed by atoms with Crippen LogP contribution in [0.5, 0.6) is 5.75 Å². The highest BCUT2D eigenvalue weighted by atomic mass is 19.4. The van der Waals surface area contributed by atoms with Gasteiger partial charge in [0, 0.05) is 17.9 Å². The summed E-state index contributed by atoms with van der Waals surface area (Å²) in [6.07, 6.45) is -4.93. The summed E-state index contributed by atoms with van der Waals surface area (Å²) >= 11 is 0. The molecule has 8 nitrogen and oxygen atoms in total. The number of benzene rings is 1. The fraction of sp³-hybridized carbons (Fsp3) is 0.211. The number of carbonyl (C=O) groups is 1. The van der Waals surface area contributed by atoms with Gasteiger partial charge in [0.05, 0.1) is 11.3 Å². The average molecular weight is 419 g/mol. The van der Waals surface area contributed by atoms with Crippen LogP contribution in [0.15, 0.2) is 16.5 Å². The van der Waals surface area contributed by atoms with Crippen molar-refractivity contribution in [2.24, 2.45) is 5.73 Å². The summed E-state index contributed by atoms with van der Waals surface area (Å²) in [6, 6.07) is 3.02. The molecule has 4 rings (SSSR count). The molecule has 1 amide bonds. The number of nitrogens with two attached hydrogens (primary N) is 2. The number of fused-ring (bicyclic) bond motifs is 3. The zero-order valence-electron chi connectivity index (χ0n) is 16.0. The van der Waals surface area contributed by atoms with Gasteiger partial charge in [0.2, 0.25) is 5.65 Å². The normalized spacial score (nSPS) is 12.2. The molecule has 0 aliphatic carbocycles. The van der Waals surface area contributed by atoms with Crippen molar-refractivity contribution in [3.05, 3.63) is 40.4 Å². The van der Waals surface area contributed by atoms with Gasteiger partial charge in [0.25, 0.3) is 5.91 Å². The number of pyridine rings is 1. The minimum absolute atomic E-state index is 0.0782. The van der Waals surface area contributed by atoms with Gasteiger partial charge in [-0.2, -0.15) is 18.2 Å². The number of alkyl halides is 3. The van der Waals surface area contributed by atoms with Crippen molar-refractivity contribution in [3.8, 4) is 11.4 Å². The number of halogens is 3. The van der Waals surface area contributed by atoms with Crippen molar-refractivity contribution in [2.75, 3.05) is 5.73 Å². The molecule has 156 valence electrons. The number of carbonyl (C=O) groups excluding carboxylic acids is 1. The van der Waals surface area contributed by atoms with Gasteiger partial charge in [-0.3, -0.25) is 9.36 Å². The first kappa shape index (κ1) is 19.6. The Morgan fingerprint density at radius 1 is 1.20 bits per heavy atom. The predicted molar refractivity (Wildman–Crippen MR) is 102 cm³/mol. The maximum absolute atomic E-state index is 13.9. The van der Waals surface area contributed by atoms with Gasteiger partial charge in [-0.05, 0) is 25.5 Å². The van der Waals surface area contributed by atoms with E-state index in [0.29, 0.717) is 16.8 Å². The van der Waals surface area contributed by atoms with Gasteiger partial charge in [0.1, 0.15) is 17.1 Å². The Hall–Kier alpha value is -3.76. The highest BCUT2D eigenvalue weighted by molar-refractivity contribution is 6.17. The number of nitrogens with zero attached hydrogens (tertiary/aromatic N) is 3. The fourth-order valence-electron chi connectivity index (χ4n) is 3.70. The number of hydrogen-bond donors (Lipinski definition) is 3. The zero-order valence-corrected chi connectivity index (χ0v) is 16.0. The molecule has 0 aliphatic heterocycles. The topological polar surface area (TPSA) is 133 Å². The quantitative estimate of drug-likeness (QED) is 0.455. The maximum atomic E-state index is 13.9. The van der Waals surface area contributed by atoms with E-state index in [9.17, 15) is 23.1 Å². The second-order valence-corrected chi connectivity index (χ2v) is 6.90. The molecule has 0 atom stereocenters. The number of aromatic hydroxyl groups is 1. The lowest BCUT2D eigenvalue weighted by atomic mass is 10.1. The van der Waals surface area contributed by atoms with Gasteiger partial charge >= 0.3 is 6.18 Å². The van der Waals surface area contributed by atoms with Gasteiger partial charge in [-0.15, -0.1) is 0 Å². The average Bonchev–Trinajstić information content (AvgIpc) is 3.14. The van der Waals surface area contributed by atoms with Crippen LogP contribution in [0.2, 0.25) is 0 Å². The summed E-state index contributed by atoms with van der Waals surface area (Å²) in [5.74, 6) is -1.51. The van der Waals surface area contributed by atoms with Gasteiger partial charge in [0.15, 0.2) is 17.2 Å². The molecule has 30 heavy (non-hydrogen) atoms. The third kappa shape index (κ3) is 2.58. The molecule has 3 aromatic heterocycles. The molecule has 0 unspecified atom stereocenters. The lowest BCUT2D eigenvalue weighted by Crippen LogP contribution is -2.16. The van der Waals surface area contributed by atoms with Crippen molar-refractivity contribution >= 4 is 33.9 Å². The first-order chi connectivity index (χ1) is 13.9. The Labute approximate surface area is 166 Å². The van der Waals surface area contributed by atoms with Crippen LogP contribution in [-0.2, 0) is 6.18 Å². The third-order valence-corrected chi connectivity index (χ3v) is 4.94. The summed E-state index contributed by atoms with van der Waals surface area (Å²) in [6.45, 7) is 4.71. The SMILES string of the molecule is Cc1nc2nc(C(F)(F)F)c3c(C(N)=O)c(N)n(-c4c(C)ccc(O)c4C)c3c2o1. The highest BCUT2D eigenvalue weighted by Crippen LogP contribution is 2.44. The van der Waals surface area contributed by atoms with Crippen LogP contribution in [-0.4, -0.2) is 25.5 Å². The van der Waals surface area contributed by atoms with Crippen molar-refractivity contribution in [1.29, 1.82) is 0 Å². The maximum Gasteiger partial charge on any atom is 0.434 e. The molecule has 0 spiro atoms. The minimum Gasteiger partial charge on any atom is -0.508 e. The molecule has 4 aromatic rings. The fourth-order valence-corrected chi connectivity index (χ4v) is 3.70. The van der Waals surface area contributed by atoms with E-state index in [-0.39, 0.29) is 34.2 Å². The lowest BCUT2D eigenvalue weighted by Gasteiger charge is -2.16. The van der Waals surface area contributed by atoms with Crippen LogP contribution in [0, 0.1) is 20.8 Å². The third-order valence-electron chi connectivity index (χ3n) is 4.94. The van der Waals surface area contributed by atoms with Crippen LogP contribution in [0.25, 0.3) is 27.8 Å². The molecular formula is C19H16F3N5O3. The Morgan fingerprint density at radius 3 is 2.47 bits per heavy atom. The molecule has 5 N–H and O–H groups in total. The summed E-state index contributed by atoms with van der Waals surface area (Å²) < 4.78 is 48.5. The molecule has 1 aromatic carbocycles. The van der Waals surface area contributed by atoms with E-state index in [1.165, 1.54) is 17.6 Å². The molecule has 0 bridgehead atoms. The number of nitrogen functional groups attached to an aromatic ring is 1. The van der Waals surface area contributed by atoms with Crippen molar-refractivity contribution in [1.82, 2.24) is 14.5 Å². The van der Waals surface area contributed by atoms with E-state index >= 15 is 0 Å². The first-order valence-electron chi connectivity index (χ1n) is 8.71. The summed E-state index contributed by atoms with van der Waals surface area (Å²) in [5.41, 5.74) is 10.4. The van der Waals surface area contributed by atoms with Gasteiger partial charge in [-0.1, -0.05) is 6.07 Å². The van der Waals surface area contributed by atoms with E-state index in [4.69, 9.17) is 15.9 Å². The Morgan fingerprint density at radius 2 is 1.87 bits per heavy atom. The zero-order chi connectivity index (χ0) is 22.1. The molecule has 0 saturated heterocycles. The summed E-state index contributed by atoms with van der Waals surface area (Å²) in [7, 11) is 0. The number of oxazole rings is 1. The smallest absolute Gasteiger partial charge is 0.434 e. The van der Waals surface area contributed by atoms with E-state index in [0.717, 1.165) is 0 Å². The van der Waals surface area contributed by atoms with Crippen LogP contribution in [0.1, 0.15) is 33.1 Å². The first-order valence-corrected chi connectivity index (χ1v) is 8.71. The molecule has 0 aliphatic rings. The number of rotatable bonds is 2. The van der Waals surface area contributed by atoms with Crippen molar-refractivity contribution in [2.45, 2.75) is 26.9 Å². The molecule has 11 heteroatoms. The van der Waals surface area contributed by atoms with Crippen LogP contribution < -0.4 is 11.5 Å². The molecular weight excluding hydrogens is 403 g/mol. The van der Waals surface area contributed by atoms with Crippen molar-refractivity contribution < 1.29 is 27.5 Å². The molecule has 3 heterocycles. The lowest BCUT2D eigenvalue weighted by molar-refractivity contribution is -0.139. The van der Waals surface area contributed by atoms with Crippen molar-refractivity contribution in [3.63, 3.8) is 0 Å². The Bertz CT molecular complexity index is 1370. The molecule has 0 radical (unpaired) electrons. The number of phenols is 1. The van der Waals surface area contributed by atoms with E-state index in [2.05, 4.69) is 9.97 Å². The summed E-state index contributed by atoms with van der Waals surface area (Å²) in [5, 5.41) is 9.61. The standard InChI is InChI=1S/C19H16F3N5O3/c1-6-4-5-9(28)7(2)12(6)27-13-10(11(16(27)23)17(24)29)15(19(20,21)22)26-18-14(13)30-8(3)25-18/h4-5,28H,23H2,1-3H3,(H2,24,29). The molecule has 0 saturated carbocycles. The Balaban J connectivity index is 2.38. The largest absolute Gasteiger partial charge is 0.508 e. The molecule has 0 fully saturated rings. The van der Waals surface area contributed by atoms with Crippen LogP contribution in [0.4, 0.5) is 19.0 Å². The number of anilines is 1. The number of hydrogen-bond acceptors (Lipinski definition) is 6. The predicted octanol–water partition coefficient (Wildman–Crippen LogP) is 3.50. The number of primary amides is 1. The second-order valence-electron chi connectivity index (χ2n) is 6.90. The van der Waals surface area contributed by atoms with E-state index in [1.807, 2.05) is 0 Å². The van der Waals surface area contributed by atoms with Crippen LogP contribution in [0.3, 0.4) is 0 Å². The monoisotopic (exact) mass is 419 g/mol. The van der Waals surface area contributed by atoms with Gasteiger partial charge < -0.3 is 21.0 Å². The van der Waals surface area contributed by atoms with Crippen LogP contribution >= 0.6 is 0 Å². The van der Waals surface area contributed by atoms with E-state index in [1.54, 1.807) is 19.9 Å². The van der Waals surface area contributed by atoms with E-state index < -0.39 is 28.7 Å².